The second-order valence-electron chi connectivity index (χ2n) is 4.95. The van der Waals surface area contributed by atoms with E-state index in [1.165, 1.54) is 19.9 Å². The molecule has 0 amide bonds. The highest BCUT2D eigenvalue weighted by molar-refractivity contribution is 7.89. The molecule has 0 aliphatic heterocycles. The number of sulfonamides is 1. The first-order valence-electron chi connectivity index (χ1n) is 6.25. The first kappa shape index (κ1) is 13.4. The van der Waals surface area contributed by atoms with Crippen molar-refractivity contribution in [3.8, 4) is 0 Å². The predicted octanol–water partition coefficient (Wildman–Crippen LogP) is 2.11. The van der Waals surface area contributed by atoms with E-state index in [4.69, 9.17) is 0 Å². The molecular formula is C13H20N2O2S. The van der Waals surface area contributed by atoms with Gasteiger partial charge in [0.2, 0.25) is 10.0 Å². The molecule has 0 spiro atoms. The van der Waals surface area contributed by atoms with E-state index in [1.807, 2.05) is 13.0 Å². The van der Waals surface area contributed by atoms with Gasteiger partial charge < -0.3 is 5.32 Å². The summed E-state index contributed by atoms with van der Waals surface area (Å²) in [5.74, 6) is 0.731. The Kier molecular flexibility index (Phi) is 3.64. The Balaban J connectivity index is 2.26. The lowest BCUT2D eigenvalue weighted by Gasteiger charge is -2.17. The molecule has 4 nitrogen and oxygen atoms in total. The van der Waals surface area contributed by atoms with E-state index in [1.54, 1.807) is 12.1 Å². The Morgan fingerprint density at radius 2 is 2.00 bits per heavy atom. The number of benzene rings is 1. The summed E-state index contributed by atoms with van der Waals surface area (Å²) in [5, 5.41) is 3.42. The van der Waals surface area contributed by atoms with Gasteiger partial charge in [-0.05, 0) is 57.4 Å². The van der Waals surface area contributed by atoms with Crippen molar-refractivity contribution >= 4 is 15.7 Å². The maximum absolute atomic E-state index is 11.8. The summed E-state index contributed by atoms with van der Waals surface area (Å²) in [7, 11) is -1.94. The molecule has 1 aliphatic carbocycles. The average Bonchev–Trinajstić information content (AvgIpc) is 3.15. The molecule has 100 valence electrons. The van der Waals surface area contributed by atoms with E-state index in [0.29, 0.717) is 10.9 Å². The number of nitrogens with one attached hydrogen (secondary N) is 2. The first-order valence-corrected chi connectivity index (χ1v) is 7.73. The molecule has 1 unspecified atom stereocenters. The van der Waals surface area contributed by atoms with Crippen molar-refractivity contribution < 1.29 is 8.42 Å². The van der Waals surface area contributed by atoms with Gasteiger partial charge in [0.25, 0.3) is 0 Å². The third-order valence-electron chi connectivity index (χ3n) is 3.50. The van der Waals surface area contributed by atoms with Crippen LogP contribution in [-0.4, -0.2) is 21.5 Å². The summed E-state index contributed by atoms with van der Waals surface area (Å²) in [6.45, 7) is 4.13. The van der Waals surface area contributed by atoms with E-state index in [-0.39, 0.29) is 0 Å². The molecule has 1 fully saturated rings. The fourth-order valence-corrected chi connectivity index (χ4v) is 2.76. The zero-order chi connectivity index (χ0) is 13.3. The number of aryl methyl sites for hydroxylation is 1. The van der Waals surface area contributed by atoms with Crippen molar-refractivity contribution in [2.45, 2.75) is 37.6 Å². The average molecular weight is 268 g/mol. The normalized spacial score (nSPS) is 17.5. The SMILES string of the molecule is CNS(=O)(=O)c1ccc(C)c(NC(C)C2CC2)c1. The van der Waals surface area contributed by atoms with Crippen molar-refractivity contribution in [3.05, 3.63) is 23.8 Å². The van der Waals surface area contributed by atoms with Crippen LogP contribution in [0.25, 0.3) is 0 Å². The molecule has 1 saturated carbocycles. The Morgan fingerprint density at radius 1 is 1.33 bits per heavy atom. The maximum atomic E-state index is 11.8. The van der Waals surface area contributed by atoms with Gasteiger partial charge in [0, 0.05) is 11.7 Å². The van der Waals surface area contributed by atoms with Crippen LogP contribution in [0.5, 0.6) is 0 Å². The van der Waals surface area contributed by atoms with E-state index in [9.17, 15) is 8.42 Å². The van der Waals surface area contributed by atoms with E-state index in [0.717, 1.165) is 17.2 Å². The second kappa shape index (κ2) is 4.90. The monoisotopic (exact) mass is 268 g/mol. The van der Waals surface area contributed by atoms with Crippen LogP contribution in [0.2, 0.25) is 0 Å². The third kappa shape index (κ3) is 2.84. The Hall–Kier alpha value is -1.07. The zero-order valence-electron chi connectivity index (χ0n) is 11.0. The summed E-state index contributed by atoms with van der Waals surface area (Å²) in [4.78, 5) is 0.307. The quantitative estimate of drug-likeness (QED) is 0.860. The Labute approximate surface area is 109 Å². The van der Waals surface area contributed by atoms with Gasteiger partial charge in [-0.3, -0.25) is 0 Å². The molecule has 1 aromatic carbocycles. The molecule has 2 rings (SSSR count). The molecule has 1 aliphatic rings. The highest BCUT2D eigenvalue weighted by atomic mass is 32.2. The smallest absolute Gasteiger partial charge is 0.240 e. The lowest BCUT2D eigenvalue weighted by molar-refractivity contribution is 0.588. The summed E-state index contributed by atoms with van der Waals surface area (Å²) in [5.41, 5.74) is 1.98. The molecule has 1 aromatic rings. The van der Waals surface area contributed by atoms with Crippen LogP contribution in [0.1, 0.15) is 25.3 Å². The van der Waals surface area contributed by atoms with Crippen molar-refractivity contribution in [3.63, 3.8) is 0 Å². The third-order valence-corrected chi connectivity index (χ3v) is 4.91. The molecule has 0 bridgehead atoms. The number of rotatable bonds is 5. The highest BCUT2D eigenvalue weighted by Gasteiger charge is 2.28. The standard InChI is InChI=1S/C13H20N2O2S/c1-9-4-7-12(18(16,17)14-3)8-13(9)15-10(2)11-5-6-11/h4,7-8,10-11,14-15H,5-6H2,1-3H3. The van der Waals surface area contributed by atoms with Crippen LogP contribution in [0, 0.1) is 12.8 Å². The van der Waals surface area contributed by atoms with Crippen LogP contribution >= 0.6 is 0 Å². The van der Waals surface area contributed by atoms with Gasteiger partial charge in [-0.15, -0.1) is 0 Å². The van der Waals surface area contributed by atoms with Crippen LogP contribution in [0.15, 0.2) is 23.1 Å². The fraction of sp³-hybridized carbons (Fsp3) is 0.538. The van der Waals surface area contributed by atoms with E-state index < -0.39 is 10.0 Å². The fourth-order valence-electron chi connectivity index (χ4n) is 2.00. The van der Waals surface area contributed by atoms with Gasteiger partial charge in [0.05, 0.1) is 4.90 Å². The topological polar surface area (TPSA) is 58.2 Å². The molecule has 5 heteroatoms. The molecule has 18 heavy (non-hydrogen) atoms. The molecule has 0 aromatic heterocycles. The largest absolute Gasteiger partial charge is 0.382 e. The summed E-state index contributed by atoms with van der Waals surface area (Å²) >= 11 is 0. The van der Waals surface area contributed by atoms with Crippen LogP contribution in [0.3, 0.4) is 0 Å². The second-order valence-corrected chi connectivity index (χ2v) is 6.84. The van der Waals surface area contributed by atoms with Crippen molar-refractivity contribution in [1.29, 1.82) is 0 Å². The number of hydrogen-bond acceptors (Lipinski definition) is 3. The van der Waals surface area contributed by atoms with Gasteiger partial charge in [-0.2, -0.15) is 0 Å². The lowest BCUT2D eigenvalue weighted by Crippen LogP contribution is -2.21. The summed E-state index contributed by atoms with van der Waals surface area (Å²) < 4.78 is 25.9. The van der Waals surface area contributed by atoms with Crippen LogP contribution in [0.4, 0.5) is 5.69 Å². The molecule has 0 heterocycles. The number of hydrogen-bond donors (Lipinski definition) is 2. The Bertz CT molecular complexity index is 536. The minimum atomic E-state index is -3.37. The minimum Gasteiger partial charge on any atom is -0.382 e. The van der Waals surface area contributed by atoms with Gasteiger partial charge >= 0.3 is 0 Å². The maximum Gasteiger partial charge on any atom is 0.240 e. The molecular weight excluding hydrogens is 248 g/mol. The summed E-state index contributed by atoms with van der Waals surface area (Å²) in [6.07, 6.45) is 2.53. The molecule has 2 N–H and O–H groups in total. The van der Waals surface area contributed by atoms with Crippen LogP contribution in [-0.2, 0) is 10.0 Å². The van der Waals surface area contributed by atoms with E-state index in [2.05, 4.69) is 17.0 Å². The zero-order valence-corrected chi connectivity index (χ0v) is 11.8. The Morgan fingerprint density at radius 3 is 2.56 bits per heavy atom. The van der Waals surface area contributed by atoms with Crippen molar-refractivity contribution in [2.24, 2.45) is 5.92 Å². The highest BCUT2D eigenvalue weighted by Crippen LogP contribution is 2.34. The van der Waals surface area contributed by atoms with Crippen LogP contribution < -0.4 is 10.0 Å². The number of anilines is 1. The minimum absolute atomic E-state index is 0.307. The predicted molar refractivity (Wildman–Crippen MR) is 73.2 cm³/mol. The van der Waals surface area contributed by atoms with Gasteiger partial charge in [-0.25, -0.2) is 13.1 Å². The molecule has 0 radical (unpaired) electrons. The lowest BCUT2D eigenvalue weighted by atomic mass is 10.1. The van der Waals surface area contributed by atoms with Gasteiger partial charge in [0.15, 0.2) is 0 Å². The van der Waals surface area contributed by atoms with Gasteiger partial charge in [-0.1, -0.05) is 6.07 Å². The van der Waals surface area contributed by atoms with Gasteiger partial charge in [0.1, 0.15) is 0 Å². The van der Waals surface area contributed by atoms with Crippen molar-refractivity contribution in [1.82, 2.24) is 4.72 Å². The first-order chi connectivity index (χ1) is 8.44. The van der Waals surface area contributed by atoms with E-state index >= 15 is 0 Å². The molecule has 0 saturated heterocycles. The molecule has 1 atom stereocenters. The summed E-state index contributed by atoms with van der Waals surface area (Å²) in [6, 6.07) is 5.58. The van der Waals surface area contributed by atoms with Crippen molar-refractivity contribution in [2.75, 3.05) is 12.4 Å².